The van der Waals surface area contributed by atoms with Gasteiger partial charge in [-0.05, 0) is 0 Å². The van der Waals surface area contributed by atoms with Crippen molar-refractivity contribution in [2.75, 3.05) is 0 Å². The van der Waals surface area contributed by atoms with Crippen molar-refractivity contribution in [1.82, 2.24) is 0 Å². The van der Waals surface area contributed by atoms with Crippen LogP contribution in [0.15, 0.2) is 30.3 Å². The van der Waals surface area contributed by atoms with Crippen LogP contribution in [0.1, 0.15) is 6.92 Å². The molecular formula is C8H11AsO2. The van der Waals surface area contributed by atoms with Crippen molar-refractivity contribution in [2.24, 2.45) is 0 Å². The first-order chi connectivity index (χ1) is 5.17. The van der Waals surface area contributed by atoms with Gasteiger partial charge in [0.25, 0.3) is 0 Å². The molecule has 3 heteroatoms. The molecule has 0 heterocycles. The zero-order valence-electron chi connectivity index (χ0n) is 6.40. The zero-order chi connectivity index (χ0) is 8.32. The normalized spacial score (nSPS) is 15.8. The molecule has 0 aromatic heterocycles. The van der Waals surface area contributed by atoms with Crippen LogP contribution in [0.5, 0.6) is 0 Å². The van der Waals surface area contributed by atoms with Crippen LogP contribution in [-0.4, -0.2) is 17.9 Å². The average Bonchev–Trinajstić information content (AvgIpc) is 2.06. The Morgan fingerprint density at radius 1 is 1.36 bits per heavy atom. The summed E-state index contributed by atoms with van der Waals surface area (Å²) in [6.07, 6.45) is 0. The van der Waals surface area contributed by atoms with Crippen molar-refractivity contribution in [3.8, 4) is 0 Å². The summed E-state index contributed by atoms with van der Waals surface area (Å²) < 4.78 is 21.4. The van der Waals surface area contributed by atoms with E-state index in [0.29, 0.717) is 9.56 Å². The van der Waals surface area contributed by atoms with Crippen LogP contribution >= 0.6 is 0 Å². The minimum atomic E-state index is -3.63. The van der Waals surface area contributed by atoms with Crippen LogP contribution in [0.4, 0.5) is 0 Å². The fourth-order valence-electron chi connectivity index (χ4n) is 0.844. The van der Waals surface area contributed by atoms with Gasteiger partial charge in [-0.15, -0.1) is 0 Å². The van der Waals surface area contributed by atoms with Gasteiger partial charge in [-0.1, -0.05) is 0 Å². The zero-order valence-corrected chi connectivity index (χ0v) is 8.27. The molecule has 0 amide bonds. The van der Waals surface area contributed by atoms with Crippen LogP contribution in [-0.2, 0) is 3.74 Å². The third kappa shape index (κ3) is 1.98. The third-order valence-electron chi connectivity index (χ3n) is 1.59. The van der Waals surface area contributed by atoms with E-state index in [1.807, 2.05) is 6.07 Å². The summed E-state index contributed by atoms with van der Waals surface area (Å²) >= 11 is -3.63. The van der Waals surface area contributed by atoms with Gasteiger partial charge in [0.1, 0.15) is 0 Å². The van der Waals surface area contributed by atoms with Gasteiger partial charge >= 0.3 is 68.5 Å². The molecule has 0 aliphatic heterocycles. The molecular weight excluding hydrogens is 203 g/mol. The number of hydrogen-bond acceptors (Lipinski definition) is 1. The minimum absolute atomic E-state index is 0.363. The average molecular weight is 214 g/mol. The second kappa shape index (κ2) is 3.29. The maximum absolute atomic E-state index is 11.4. The molecule has 0 fully saturated rings. The Bertz CT molecular complexity index is 269. The van der Waals surface area contributed by atoms with Gasteiger partial charge in [0.2, 0.25) is 0 Å². The third-order valence-corrected chi connectivity index (χ3v) is 5.71. The number of hydrogen-bond donors (Lipinski definition) is 1. The van der Waals surface area contributed by atoms with Crippen LogP contribution in [0.2, 0.25) is 5.21 Å². The molecule has 1 N–H and O–H groups in total. The molecule has 1 aromatic carbocycles. The van der Waals surface area contributed by atoms with Crippen LogP contribution in [0, 0.1) is 0 Å². The first-order valence-corrected chi connectivity index (χ1v) is 7.41. The summed E-state index contributed by atoms with van der Waals surface area (Å²) in [6, 6.07) is 8.84. The second-order valence-electron chi connectivity index (χ2n) is 2.35. The molecule has 0 bridgehead atoms. The van der Waals surface area contributed by atoms with E-state index in [-0.39, 0.29) is 0 Å². The fraction of sp³-hybridized carbons (Fsp3) is 0.250. The van der Waals surface area contributed by atoms with E-state index < -0.39 is 13.8 Å². The quantitative estimate of drug-likeness (QED) is 0.738. The van der Waals surface area contributed by atoms with E-state index >= 15 is 0 Å². The Hall–Kier alpha value is -0.462. The van der Waals surface area contributed by atoms with Gasteiger partial charge in [-0.2, -0.15) is 0 Å². The molecule has 2 nitrogen and oxygen atoms in total. The first-order valence-electron chi connectivity index (χ1n) is 3.54. The summed E-state index contributed by atoms with van der Waals surface area (Å²) in [5.41, 5.74) is 0. The molecule has 0 aliphatic rings. The van der Waals surface area contributed by atoms with Crippen LogP contribution in [0.25, 0.3) is 0 Å². The molecule has 0 saturated heterocycles. The van der Waals surface area contributed by atoms with Crippen molar-refractivity contribution in [2.45, 2.75) is 12.1 Å². The summed E-state index contributed by atoms with van der Waals surface area (Å²) in [5.74, 6) is 0. The molecule has 1 aromatic rings. The van der Waals surface area contributed by atoms with E-state index in [1.54, 1.807) is 31.2 Å². The van der Waals surface area contributed by atoms with E-state index in [1.165, 1.54) is 0 Å². The Kier molecular flexibility index (Phi) is 2.58. The second-order valence-corrected chi connectivity index (χ2v) is 7.71. The molecule has 0 radical (unpaired) electrons. The van der Waals surface area contributed by atoms with Gasteiger partial charge in [0.15, 0.2) is 0 Å². The molecule has 1 atom stereocenters. The van der Waals surface area contributed by atoms with Gasteiger partial charge < -0.3 is 0 Å². The SMILES string of the molecule is CC[As](=O)(O)c1ccccc1. The predicted octanol–water partition coefficient (Wildman–Crippen LogP) is 0.778. The summed E-state index contributed by atoms with van der Waals surface area (Å²) in [4.78, 5) is 0. The van der Waals surface area contributed by atoms with Crippen LogP contribution in [0.3, 0.4) is 0 Å². The number of benzene rings is 1. The van der Waals surface area contributed by atoms with Crippen molar-refractivity contribution < 1.29 is 7.84 Å². The van der Waals surface area contributed by atoms with E-state index in [9.17, 15) is 7.84 Å². The van der Waals surface area contributed by atoms with Gasteiger partial charge in [-0.25, -0.2) is 0 Å². The van der Waals surface area contributed by atoms with Crippen LogP contribution < -0.4 is 4.35 Å². The Morgan fingerprint density at radius 2 is 1.91 bits per heavy atom. The predicted molar refractivity (Wildman–Crippen MR) is 45.2 cm³/mol. The van der Waals surface area contributed by atoms with Crippen molar-refractivity contribution in [3.05, 3.63) is 30.3 Å². The molecule has 0 saturated carbocycles. The molecule has 11 heavy (non-hydrogen) atoms. The Morgan fingerprint density at radius 3 is 2.36 bits per heavy atom. The Balaban J connectivity index is 3.03. The molecule has 0 spiro atoms. The molecule has 60 valence electrons. The van der Waals surface area contributed by atoms with Gasteiger partial charge in [0, 0.05) is 0 Å². The maximum atomic E-state index is 11.4. The van der Waals surface area contributed by atoms with E-state index in [2.05, 4.69) is 0 Å². The molecule has 1 rings (SSSR count). The van der Waals surface area contributed by atoms with E-state index in [4.69, 9.17) is 0 Å². The van der Waals surface area contributed by atoms with Crippen molar-refractivity contribution in [1.29, 1.82) is 0 Å². The Labute approximate surface area is 68.9 Å². The monoisotopic (exact) mass is 214 g/mol. The summed E-state index contributed by atoms with van der Waals surface area (Å²) in [6.45, 7) is 1.74. The molecule has 0 aliphatic carbocycles. The number of rotatable bonds is 2. The van der Waals surface area contributed by atoms with Crippen molar-refractivity contribution >= 4 is 18.2 Å². The van der Waals surface area contributed by atoms with Crippen molar-refractivity contribution in [3.63, 3.8) is 0 Å². The topological polar surface area (TPSA) is 37.3 Å². The molecule has 1 unspecified atom stereocenters. The summed E-state index contributed by atoms with van der Waals surface area (Å²) in [7, 11) is 0. The van der Waals surface area contributed by atoms with Gasteiger partial charge in [0.05, 0.1) is 0 Å². The fourth-order valence-corrected chi connectivity index (χ4v) is 2.95. The van der Waals surface area contributed by atoms with Gasteiger partial charge in [-0.3, -0.25) is 0 Å². The van der Waals surface area contributed by atoms with E-state index in [0.717, 1.165) is 0 Å². The standard InChI is InChI=1S/C8H11AsO2/c1-2-9(10,11)8-6-4-3-5-7-8/h3-7H,2H2,1H3,(H,10,11). The first kappa shape index (κ1) is 8.63. The summed E-state index contributed by atoms with van der Waals surface area (Å²) in [5, 5.41) is 0.363.